The van der Waals surface area contributed by atoms with Gasteiger partial charge in [0.2, 0.25) is 0 Å². The van der Waals surface area contributed by atoms with Crippen molar-refractivity contribution in [3.8, 4) is 23.0 Å². The lowest BCUT2D eigenvalue weighted by Crippen LogP contribution is -2.13. The van der Waals surface area contributed by atoms with Crippen molar-refractivity contribution in [2.75, 3.05) is 47.7 Å². The molecule has 0 amide bonds. The molecule has 0 saturated heterocycles. The Hall–Kier alpha value is -3.82. The summed E-state index contributed by atoms with van der Waals surface area (Å²) in [6.45, 7) is 2.84. The molecular formula is C56H56Br4O4. The number of hydrogen-bond donors (Lipinski definition) is 0. The van der Waals surface area contributed by atoms with E-state index in [1.165, 1.54) is 66.4 Å². The summed E-state index contributed by atoms with van der Waals surface area (Å²) in [5, 5.41) is 6.60. The number of hydrogen-bond acceptors (Lipinski definition) is 4. The van der Waals surface area contributed by atoms with Crippen LogP contribution in [0.3, 0.4) is 0 Å². The largest absolute Gasteiger partial charge is 0.494 e. The zero-order chi connectivity index (χ0) is 44.1. The predicted octanol–water partition coefficient (Wildman–Crippen LogP) is 16.2. The van der Waals surface area contributed by atoms with E-state index in [2.05, 4.69) is 197 Å². The molecule has 332 valence electrons. The van der Waals surface area contributed by atoms with E-state index in [0.29, 0.717) is 26.4 Å². The highest BCUT2D eigenvalue weighted by Gasteiger charge is 2.32. The summed E-state index contributed by atoms with van der Waals surface area (Å²) < 4.78 is 24.7. The second-order valence-electron chi connectivity index (χ2n) is 16.4. The van der Waals surface area contributed by atoms with Crippen molar-refractivity contribution in [2.45, 2.75) is 63.2 Å². The molecule has 2 aliphatic carbocycles. The van der Waals surface area contributed by atoms with Crippen LogP contribution in [-0.2, 0) is 0 Å². The van der Waals surface area contributed by atoms with Crippen LogP contribution in [-0.4, -0.2) is 47.7 Å². The van der Waals surface area contributed by atoms with Crippen LogP contribution in [0.4, 0.5) is 0 Å². The van der Waals surface area contributed by atoms with E-state index in [1.807, 2.05) is 0 Å². The molecule has 6 aromatic rings. The molecule has 4 nitrogen and oxygen atoms in total. The first-order valence-electron chi connectivity index (χ1n) is 22.8. The number of halogens is 4. The minimum absolute atomic E-state index is 0.0317. The van der Waals surface area contributed by atoms with E-state index < -0.39 is 0 Å². The standard InChI is InChI=1S/C56H56Br4O4/c57-29-1-5-33-61-43-17-9-39(10-18-43)51-37-52(40-11-19-44(20-12-40)62-34-6-2-30-58)48-27-28-50-54(42-15-23-46(24-16-42)64-36-8-4-32-60)38-53(49-26-25-47(51)55(48)56(49)50)41-13-21-45(22-14-41)63-35-7-3-31-59/h9-28,37-38,51,53H,1-8,29-36H2. The summed E-state index contributed by atoms with van der Waals surface area (Å²) in [5.41, 5.74) is 12.4. The summed E-state index contributed by atoms with van der Waals surface area (Å²) in [7, 11) is 0. The van der Waals surface area contributed by atoms with Crippen LogP contribution in [0, 0.1) is 0 Å². The van der Waals surface area contributed by atoms with Gasteiger partial charge in [0.1, 0.15) is 23.0 Å². The van der Waals surface area contributed by atoms with Crippen molar-refractivity contribution in [1.29, 1.82) is 0 Å². The molecule has 0 radical (unpaired) electrons. The first-order valence-corrected chi connectivity index (χ1v) is 27.3. The molecule has 8 rings (SSSR count). The maximum absolute atomic E-state index is 6.17. The molecule has 0 aromatic heterocycles. The van der Waals surface area contributed by atoms with E-state index in [4.69, 9.17) is 18.9 Å². The zero-order valence-corrected chi connectivity index (χ0v) is 42.7. The third-order valence-electron chi connectivity index (χ3n) is 12.1. The highest BCUT2D eigenvalue weighted by Crippen LogP contribution is 2.51. The van der Waals surface area contributed by atoms with Crippen LogP contribution in [0.25, 0.3) is 21.9 Å². The predicted molar refractivity (Wildman–Crippen MR) is 282 cm³/mol. The average molecular weight is 1110 g/mol. The number of ether oxygens (including phenoxy) is 4. The fourth-order valence-corrected chi connectivity index (χ4v) is 10.4. The Kier molecular flexibility index (Phi) is 17.2. The Bertz CT molecular complexity index is 2320. The van der Waals surface area contributed by atoms with Crippen molar-refractivity contribution >= 4 is 85.6 Å². The van der Waals surface area contributed by atoms with Gasteiger partial charge < -0.3 is 18.9 Å². The van der Waals surface area contributed by atoms with Crippen molar-refractivity contribution in [1.82, 2.24) is 0 Å². The summed E-state index contributed by atoms with van der Waals surface area (Å²) in [5.74, 6) is 3.68. The SMILES string of the molecule is BrCCCCOc1ccc(C2=CC(c3ccc(OCCCCBr)cc3)c3ccc4c5c(ccc2c35)C(c2ccc(OCCCCBr)cc2)=CC4c2ccc(OCCCCBr)cc2)cc1. The Morgan fingerprint density at radius 3 is 0.922 bits per heavy atom. The fourth-order valence-electron chi connectivity index (χ4n) is 8.81. The van der Waals surface area contributed by atoms with Crippen LogP contribution in [0.15, 0.2) is 133 Å². The molecule has 64 heavy (non-hydrogen) atoms. The summed E-state index contributed by atoms with van der Waals surface area (Å²) in [4.78, 5) is 0. The van der Waals surface area contributed by atoms with E-state index in [1.54, 1.807) is 0 Å². The van der Waals surface area contributed by atoms with E-state index in [-0.39, 0.29) is 11.8 Å². The Morgan fingerprint density at radius 1 is 0.328 bits per heavy atom. The maximum atomic E-state index is 6.17. The van der Waals surface area contributed by atoms with Gasteiger partial charge in [-0.3, -0.25) is 0 Å². The average Bonchev–Trinajstić information content (AvgIpc) is 3.34. The lowest BCUT2D eigenvalue weighted by molar-refractivity contribution is 0.310. The van der Waals surface area contributed by atoms with Crippen LogP contribution < -0.4 is 18.9 Å². The number of allylic oxidation sites excluding steroid dienone is 2. The Labute approximate surface area is 413 Å². The van der Waals surface area contributed by atoms with Gasteiger partial charge in [-0.05, 0) is 166 Å². The van der Waals surface area contributed by atoms with Crippen LogP contribution in [0.5, 0.6) is 23.0 Å². The lowest BCUT2D eigenvalue weighted by Gasteiger charge is -2.32. The summed E-state index contributed by atoms with van der Waals surface area (Å²) in [6.07, 6.45) is 13.4. The molecule has 8 heteroatoms. The van der Waals surface area contributed by atoms with Gasteiger partial charge in [0.05, 0.1) is 26.4 Å². The number of unbranched alkanes of at least 4 members (excludes halogenated alkanes) is 4. The molecule has 0 aliphatic heterocycles. The summed E-state index contributed by atoms with van der Waals surface area (Å²) >= 11 is 14.2. The second kappa shape index (κ2) is 23.6. The number of alkyl halides is 4. The monoisotopic (exact) mass is 1110 g/mol. The molecule has 0 bridgehead atoms. The molecule has 0 fully saturated rings. The molecule has 0 N–H and O–H groups in total. The van der Waals surface area contributed by atoms with Gasteiger partial charge in [0.15, 0.2) is 0 Å². The minimum Gasteiger partial charge on any atom is -0.494 e. The first-order chi connectivity index (χ1) is 31.6. The smallest absolute Gasteiger partial charge is 0.119 e. The van der Waals surface area contributed by atoms with Crippen molar-refractivity contribution in [3.05, 3.63) is 178 Å². The normalized spacial score (nSPS) is 15.1. The third kappa shape index (κ3) is 11.2. The highest BCUT2D eigenvalue weighted by atomic mass is 79.9. The van der Waals surface area contributed by atoms with Crippen molar-refractivity contribution < 1.29 is 18.9 Å². The fraction of sp³-hybridized carbons (Fsp3) is 0.321. The quantitative estimate of drug-likeness (QED) is 0.0447. The highest BCUT2D eigenvalue weighted by molar-refractivity contribution is 9.09. The van der Waals surface area contributed by atoms with E-state index in [9.17, 15) is 0 Å². The molecule has 2 aliphatic rings. The molecule has 0 spiro atoms. The van der Waals surface area contributed by atoms with Gasteiger partial charge >= 0.3 is 0 Å². The molecule has 2 atom stereocenters. The molecule has 6 aromatic carbocycles. The first kappa shape index (κ1) is 46.7. The van der Waals surface area contributed by atoms with Gasteiger partial charge in [-0.2, -0.15) is 0 Å². The van der Waals surface area contributed by atoms with Gasteiger partial charge in [-0.1, -0.05) is 149 Å². The second-order valence-corrected chi connectivity index (χ2v) is 19.6. The molecule has 0 saturated carbocycles. The lowest BCUT2D eigenvalue weighted by atomic mass is 9.71. The molecule has 2 unspecified atom stereocenters. The minimum atomic E-state index is 0.0317. The van der Waals surface area contributed by atoms with E-state index >= 15 is 0 Å². The third-order valence-corrected chi connectivity index (χ3v) is 14.4. The molecular weight excluding hydrogens is 1060 g/mol. The van der Waals surface area contributed by atoms with E-state index in [0.717, 1.165) is 95.7 Å². The Morgan fingerprint density at radius 2 is 0.625 bits per heavy atom. The maximum Gasteiger partial charge on any atom is 0.119 e. The van der Waals surface area contributed by atoms with Crippen LogP contribution >= 0.6 is 63.7 Å². The number of benzene rings is 6. The number of rotatable bonds is 24. The van der Waals surface area contributed by atoms with Crippen molar-refractivity contribution in [3.63, 3.8) is 0 Å². The van der Waals surface area contributed by atoms with Gasteiger partial charge in [0.25, 0.3) is 0 Å². The molecule has 0 heterocycles. The summed E-state index contributed by atoms with van der Waals surface area (Å²) in [6, 6.07) is 44.5. The zero-order valence-electron chi connectivity index (χ0n) is 36.3. The van der Waals surface area contributed by atoms with Crippen LogP contribution in [0.1, 0.15) is 108 Å². The van der Waals surface area contributed by atoms with Crippen molar-refractivity contribution in [2.24, 2.45) is 0 Å². The topological polar surface area (TPSA) is 36.9 Å². The van der Waals surface area contributed by atoms with Gasteiger partial charge in [-0.15, -0.1) is 0 Å². The Balaban J connectivity index is 1.24. The van der Waals surface area contributed by atoms with Crippen LogP contribution in [0.2, 0.25) is 0 Å². The van der Waals surface area contributed by atoms with Gasteiger partial charge in [0, 0.05) is 33.2 Å². The van der Waals surface area contributed by atoms with Gasteiger partial charge in [-0.25, -0.2) is 0 Å².